The van der Waals surface area contributed by atoms with Crippen molar-refractivity contribution in [2.45, 2.75) is 24.1 Å². The van der Waals surface area contributed by atoms with Crippen molar-refractivity contribution in [3.8, 4) is 11.5 Å². The highest BCUT2D eigenvalue weighted by atomic mass is 35.5. The molecule has 0 aliphatic carbocycles. The number of ether oxygens (including phenoxy) is 2. The number of alkyl halides is 3. The molecule has 0 unspecified atom stereocenters. The van der Waals surface area contributed by atoms with E-state index >= 15 is 0 Å². The van der Waals surface area contributed by atoms with Crippen molar-refractivity contribution in [2.75, 3.05) is 17.1 Å². The van der Waals surface area contributed by atoms with E-state index < -0.39 is 38.8 Å². The molecule has 2 N–H and O–H groups in total. The molecule has 0 aliphatic rings. The molecule has 3 aromatic rings. The first-order chi connectivity index (χ1) is 16.4. The molecule has 186 valence electrons. The van der Waals surface area contributed by atoms with Crippen LogP contribution in [0.5, 0.6) is 11.5 Å². The Labute approximate surface area is 204 Å². The van der Waals surface area contributed by atoms with Crippen molar-refractivity contribution < 1.29 is 35.9 Å². The molecule has 35 heavy (non-hydrogen) atoms. The van der Waals surface area contributed by atoms with E-state index in [0.717, 1.165) is 12.1 Å². The third-order valence-electron chi connectivity index (χ3n) is 4.70. The van der Waals surface area contributed by atoms with E-state index in [4.69, 9.17) is 21.1 Å². The maximum absolute atomic E-state index is 13.0. The van der Waals surface area contributed by atoms with Gasteiger partial charge in [0.05, 0.1) is 22.6 Å². The maximum atomic E-state index is 13.0. The Hall–Kier alpha value is -3.44. The van der Waals surface area contributed by atoms with Gasteiger partial charge in [0.15, 0.2) is 6.10 Å². The quantitative estimate of drug-likeness (QED) is 0.398. The molecule has 0 heterocycles. The fourth-order valence-electron chi connectivity index (χ4n) is 2.89. The molecular weight excluding hydrogens is 509 g/mol. The minimum absolute atomic E-state index is 0.221. The van der Waals surface area contributed by atoms with Crippen LogP contribution in [-0.4, -0.2) is 27.5 Å². The summed E-state index contributed by atoms with van der Waals surface area (Å²) in [5.41, 5.74) is -1.17. The van der Waals surface area contributed by atoms with Crippen molar-refractivity contribution >= 4 is 38.9 Å². The second-order valence-corrected chi connectivity index (χ2v) is 9.34. The van der Waals surface area contributed by atoms with E-state index in [2.05, 4.69) is 10.0 Å². The van der Waals surface area contributed by atoms with E-state index in [1.165, 1.54) is 31.4 Å². The highest BCUT2D eigenvalue weighted by Crippen LogP contribution is 2.36. The number of rotatable bonds is 8. The van der Waals surface area contributed by atoms with Crippen LogP contribution in [-0.2, 0) is 21.0 Å². The molecule has 0 saturated heterocycles. The van der Waals surface area contributed by atoms with Gasteiger partial charge in [-0.05, 0) is 73.7 Å². The molecule has 0 bridgehead atoms. The summed E-state index contributed by atoms with van der Waals surface area (Å²) in [6.07, 6.45) is -5.60. The minimum atomic E-state index is -4.74. The number of methoxy groups -OCH3 is 1. The number of amides is 1. The first-order valence-electron chi connectivity index (χ1n) is 10.0. The Bertz CT molecular complexity index is 1300. The van der Waals surface area contributed by atoms with Gasteiger partial charge in [0.25, 0.3) is 15.9 Å². The third-order valence-corrected chi connectivity index (χ3v) is 6.42. The molecule has 0 aliphatic heterocycles. The average molecular weight is 529 g/mol. The smallest absolute Gasteiger partial charge is 0.417 e. The van der Waals surface area contributed by atoms with Crippen molar-refractivity contribution in [2.24, 2.45) is 0 Å². The average Bonchev–Trinajstić information content (AvgIpc) is 2.80. The lowest BCUT2D eigenvalue weighted by Crippen LogP contribution is -2.30. The van der Waals surface area contributed by atoms with Crippen LogP contribution in [0.2, 0.25) is 5.02 Å². The number of hydrogen-bond donors (Lipinski definition) is 2. The summed E-state index contributed by atoms with van der Waals surface area (Å²) in [4.78, 5) is 12.2. The molecule has 3 aromatic carbocycles. The Morgan fingerprint density at radius 1 is 0.943 bits per heavy atom. The highest BCUT2D eigenvalue weighted by Gasteiger charge is 2.33. The molecule has 12 heteroatoms. The zero-order valence-electron chi connectivity index (χ0n) is 18.4. The molecule has 0 spiro atoms. The first-order valence-corrected chi connectivity index (χ1v) is 11.9. The summed E-state index contributed by atoms with van der Waals surface area (Å²) in [5.74, 6) is 0.614. The lowest BCUT2D eigenvalue weighted by Gasteiger charge is -2.15. The summed E-state index contributed by atoms with van der Waals surface area (Å²) >= 11 is 5.56. The second-order valence-electron chi connectivity index (χ2n) is 7.25. The molecule has 1 amide bonds. The number of hydrogen-bond acceptors (Lipinski definition) is 5. The van der Waals surface area contributed by atoms with Gasteiger partial charge in [0.2, 0.25) is 0 Å². The Morgan fingerprint density at radius 2 is 1.51 bits per heavy atom. The largest absolute Gasteiger partial charge is 0.497 e. The third kappa shape index (κ3) is 6.80. The van der Waals surface area contributed by atoms with Crippen LogP contribution in [0.25, 0.3) is 0 Å². The van der Waals surface area contributed by atoms with Crippen molar-refractivity contribution in [1.29, 1.82) is 0 Å². The van der Waals surface area contributed by atoms with E-state index in [1.54, 1.807) is 31.2 Å². The number of nitrogens with one attached hydrogen (secondary N) is 2. The van der Waals surface area contributed by atoms with Crippen molar-refractivity contribution in [3.63, 3.8) is 0 Å². The topological polar surface area (TPSA) is 93.7 Å². The fraction of sp³-hybridized carbons (Fsp3) is 0.174. The molecule has 0 radical (unpaired) electrons. The van der Waals surface area contributed by atoms with Crippen molar-refractivity contribution in [3.05, 3.63) is 77.3 Å². The van der Waals surface area contributed by atoms with Crippen LogP contribution in [0.3, 0.4) is 0 Å². The Kier molecular flexibility index (Phi) is 7.81. The van der Waals surface area contributed by atoms with Crippen LogP contribution in [0.1, 0.15) is 12.5 Å². The van der Waals surface area contributed by atoms with Crippen molar-refractivity contribution in [1.82, 2.24) is 0 Å². The predicted octanol–water partition coefficient (Wildman–Crippen LogP) is 5.57. The van der Waals surface area contributed by atoms with Gasteiger partial charge >= 0.3 is 6.18 Å². The van der Waals surface area contributed by atoms with Crippen LogP contribution in [0, 0.1) is 0 Å². The Morgan fingerprint density at radius 3 is 2.09 bits per heavy atom. The number of benzene rings is 3. The fourth-order valence-corrected chi connectivity index (χ4v) is 4.17. The summed E-state index contributed by atoms with van der Waals surface area (Å²) in [6.45, 7) is 1.55. The monoisotopic (exact) mass is 528 g/mol. The van der Waals surface area contributed by atoms with Gasteiger partial charge in [-0.2, -0.15) is 13.2 Å². The van der Waals surface area contributed by atoms with E-state index in [0.29, 0.717) is 23.3 Å². The van der Waals surface area contributed by atoms with Crippen LogP contribution >= 0.6 is 11.6 Å². The normalized spacial score (nSPS) is 12.5. The lowest BCUT2D eigenvalue weighted by atomic mass is 10.2. The van der Waals surface area contributed by atoms with Gasteiger partial charge in [0, 0.05) is 11.4 Å². The van der Waals surface area contributed by atoms with Crippen LogP contribution < -0.4 is 19.5 Å². The van der Waals surface area contributed by atoms with Gasteiger partial charge in [-0.25, -0.2) is 8.42 Å². The molecule has 1 atom stereocenters. The standard InChI is InChI=1S/C23H20ClF3N2O5S/c1-14(34-18-8-6-17(33-2)7-9-18)22(30)28-15-3-10-19(11-4-15)35(31,32)29-16-5-12-21(24)20(13-16)23(25,26)27/h3-14,29H,1-2H3,(H,28,30)/t14-/m0/s1. The predicted molar refractivity (Wildman–Crippen MR) is 125 cm³/mol. The zero-order chi connectivity index (χ0) is 25.8. The van der Waals surface area contributed by atoms with E-state index in [-0.39, 0.29) is 10.6 Å². The summed E-state index contributed by atoms with van der Waals surface area (Å²) < 4.78 is 77.0. The molecule has 3 rings (SSSR count). The highest BCUT2D eigenvalue weighted by molar-refractivity contribution is 7.92. The number of carbonyl (C=O) groups excluding carboxylic acids is 1. The molecule has 0 fully saturated rings. The number of halogens is 4. The molecule has 7 nitrogen and oxygen atoms in total. The van der Waals surface area contributed by atoms with Gasteiger partial charge < -0.3 is 14.8 Å². The summed E-state index contributed by atoms with van der Waals surface area (Å²) in [7, 11) is -2.68. The van der Waals surface area contributed by atoms with Gasteiger partial charge in [-0.15, -0.1) is 0 Å². The van der Waals surface area contributed by atoms with E-state index in [9.17, 15) is 26.4 Å². The molecule has 0 aromatic heterocycles. The zero-order valence-corrected chi connectivity index (χ0v) is 20.0. The van der Waals surface area contributed by atoms with Crippen LogP contribution in [0.4, 0.5) is 24.5 Å². The Balaban J connectivity index is 1.66. The number of anilines is 2. The van der Waals surface area contributed by atoms with Gasteiger partial charge in [-0.1, -0.05) is 11.6 Å². The molecular formula is C23H20ClF3N2O5S. The van der Waals surface area contributed by atoms with Crippen LogP contribution in [0.15, 0.2) is 71.6 Å². The summed E-state index contributed by atoms with van der Waals surface area (Å²) in [5, 5.41) is 2.05. The van der Waals surface area contributed by atoms with Gasteiger partial charge in [0.1, 0.15) is 11.5 Å². The molecule has 0 saturated carbocycles. The maximum Gasteiger partial charge on any atom is 0.417 e. The number of carbonyl (C=O) groups is 1. The van der Waals surface area contributed by atoms with Gasteiger partial charge in [-0.3, -0.25) is 9.52 Å². The minimum Gasteiger partial charge on any atom is -0.497 e. The second kappa shape index (κ2) is 10.4. The lowest BCUT2D eigenvalue weighted by molar-refractivity contribution is -0.137. The summed E-state index contributed by atoms with van der Waals surface area (Å²) in [6, 6.07) is 14.4. The first kappa shape index (κ1) is 26.2. The SMILES string of the molecule is COc1ccc(O[C@@H](C)C(=O)Nc2ccc(S(=O)(=O)Nc3ccc(Cl)c(C(F)(F)F)c3)cc2)cc1. The number of sulfonamides is 1. The van der Waals surface area contributed by atoms with E-state index in [1.807, 2.05) is 0 Å².